The van der Waals surface area contributed by atoms with Crippen LogP contribution in [-0.2, 0) is 11.3 Å². The molecule has 4 aromatic rings. The predicted octanol–water partition coefficient (Wildman–Crippen LogP) is 3.45. The smallest absolute Gasteiger partial charge is 0.264 e. The third kappa shape index (κ3) is 3.50. The quantitative estimate of drug-likeness (QED) is 0.568. The molecule has 0 saturated carbocycles. The van der Waals surface area contributed by atoms with E-state index in [9.17, 15) is 9.59 Å². The Morgan fingerprint density at radius 2 is 1.73 bits per heavy atom. The fourth-order valence-electron chi connectivity index (χ4n) is 3.75. The molecule has 2 aromatic heterocycles. The van der Waals surface area contributed by atoms with Gasteiger partial charge < -0.3 is 5.32 Å². The molecular weight excluding hydrogens is 378 g/mol. The molecule has 30 heavy (non-hydrogen) atoms. The minimum absolute atomic E-state index is 0.121. The van der Waals surface area contributed by atoms with E-state index < -0.39 is 0 Å². The van der Waals surface area contributed by atoms with Gasteiger partial charge in [0, 0.05) is 5.69 Å². The SMILES string of the molecule is Cc1cc(C)c(NC(=O)Cn2cnc3c(cnn3-c3ccccc3C)c2=O)c(C)c1. The zero-order valence-electron chi connectivity index (χ0n) is 17.4. The first-order chi connectivity index (χ1) is 14.3. The predicted molar refractivity (Wildman–Crippen MR) is 117 cm³/mol. The summed E-state index contributed by atoms with van der Waals surface area (Å²) in [5, 5.41) is 7.64. The van der Waals surface area contributed by atoms with Crippen LogP contribution in [0, 0.1) is 27.7 Å². The molecule has 152 valence electrons. The molecule has 0 aliphatic rings. The van der Waals surface area contributed by atoms with Gasteiger partial charge in [-0.25, -0.2) is 9.67 Å². The lowest BCUT2D eigenvalue weighted by atomic mass is 10.1. The second-order valence-electron chi connectivity index (χ2n) is 7.58. The van der Waals surface area contributed by atoms with Crippen molar-refractivity contribution in [2.45, 2.75) is 34.2 Å². The molecule has 2 aromatic carbocycles. The second-order valence-corrected chi connectivity index (χ2v) is 7.58. The number of rotatable bonds is 4. The Hall–Kier alpha value is -3.74. The van der Waals surface area contributed by atoms with Gasteiger partial charge in [0.05, 0.1) is 11.9 Å². The van der Waals surface area contributed by atoms with E-state index in [1.54, 1.807) is 4.68 Å². The number of fused-ring (bicyclic) bond motifs is 1. The van der Waals surface area contributed by atoms with Crippen LogP contribution in [0.3, 0.4) is 0 Å². The van der Waals surface area contributed by atoms with Crippen LogP contribution in [0.15, 0.2) is 53.7 Å². The summed E-state index contributed by atoms with van der Waals surface area (Å²) in [6.45, 7) is 7.78. The first kappa shape index (κ1) is 19.6. The van der Waals surface area contributed by atoms with Crippen molar-refractivity contribution < 1.29 is 4.79 Å². The summed E-state index contributed by atoms with van der Waals surface area (Å²) in [6, 6.07) is 11.8. The Labute approximate surface area is 174 Å². The number of carbonyl (C=O) groups is 1. The first-order valence-electron chi connectivity index (χ1n) is 9.72. The maximum Gasteiger partial charge on any atom is 0.264 e. The van der Waals surface area contributed by atoms with Crippen molar-refractivity contribution in [1.82, 2.24) is 19.3 Å². The Bertz CT molecular complexity index is 1310. The number of benzene rings is 2. The number of amides is 1. The highest BCUT2D eigenvalue weighted by molar-refractivity contribution is 5.92. The largest absolute Gasteiger partial charge is 0.324 e. The zero-order valence-corrected chi connectivity index (χ0v) is 17.4. The highest BCUT2D eigenvalue weighted by atomic mass is 16.2. The Morgan fingerprint density at radius 3 is 2.43 bits per heavy atom. The van der Waals surface area contributed by atoms with E-state index in [0.29, 0.717) is 11.0 Å². The molecule has 7 nitrogen and oxygen atoms in total. The molecule has 1 amide bonds. The summed E-state index contributed by atoms with van der Waals surface area (Å²) < 4.78 is 2.95. The molecule has 0 unspecified atom stereocenters. The van der Waals surface area contributed by atoms with Gasteiger partial charge in [0.2, 0.25) is 5.91 Å². The summed E-state index contributed by atoms with van der Waals surface area (Å²) in [4.78, 5) is 29.9. The molecule has 0 saturated heterocycles. The molecule has 4 rings (SSSR count). The van der Waals surface area contributed by atoms with E-state index >= 15 is 0 Å². The standard InChI is InChI=1S/C23H23N5O2/c1-14-9-16(3)21(17(4)10-14)26-20(29)12-27-13-24-22-18(23(27)30)11-25-28(22)19-8-6-5-7-15(19)2/h5-11,13H,12H2,1-4H3,(H,26,29). The average molecular weight is 401 g/mol. The number of nitrogens with one attached hydrogen (secondary N) is 1. The average Bonchev–Trinajstić information content (AvgIpc) is 3.12. The lowest BCUT2D eigenvalue weighted by Gasteiger charge is -2.13. The number of carbonyl (C=O) groups excluding carboxylic acids is 1. The van der Waals surface area contributed by atoms with Crippen LogP contribution >= 0.6 is 0 Å². The summed E-state index contributed by atoms with van der Waals surface area (Å²) in [5.74, 6) is -0.278. The Balaban J connectivity index is 1.63. The Morgan fingerprint density at radius 1 is 1.03 bits per heavy atom. The fraction of sp³-hybridized carbons (Fsp3) is 0.217. The fourth-order valence-corrected chi connectivity index (χ4v) is 3.75. The highest BCUT2D eigenvalue weighted by Gasteiger charge is 2.15. The van der Waals surface area contributed by atoms with Gasteiger partial charge in [-0.15, -0.1) is 0 Å². The normalized spacial score (nSPS) is 11.1. The van der Waals surface area contributed by atoms with E-state index in [4.69, 9.17) is 0 Å². The number of hydrogen-bond acceptors (Lipinski definition) is 4. The topological polar surface area (TPSA) is 81.8 Å². The van der Waals surface area contributed by atoms with Gasteiger partial charge in [-0.1, -0.05) is 35.9 Å². The molecule has 0 atom stereocenters. The van der Waals surface area contributed by atoms with Gasteiger partial charge in [0.25, 0.3) is 5.56 Å². The number of aromatic nitrogens is 4. The number of hydrogen-bond donors (Lipinski definition) is 1. The molecular formula is C23H23N5O2. The summed E-state index contributed by atoms with van der Waals surface area (Å²) in [7, 11) is 0. The van der Waals surface area contributed by atoms with Crippen molar-refractivity contribution in [1.29, 1.82) is 0 Å². The minimum Gasteiger partial charge on any atom is -0.324 e. The molecule has 0 aliphatic heterocycles. The van der Waals surface area contributed by atoms with Crippen LogP contribution in [0.4, 0.5) is 5.69 Å². The van der Waals surface area contributed by atoms with Gasteiger partial charge >= 0.3 is 0 Å². The number of anilines is 1. The molecule has 7 heteroatoms. The van der Waals surface area contributed by atoms with Crippen LogP contribution in [-0.4, -0.2) is 25.2 Å². The van der Waals surface area contributed by atoms with Gasteiger partial charge in [-0.2, -0.15) is 5.10 Å². The van der Waals surface area contributed by atoms with E-state index in [0.717, 1.165) is 33.6 Å². The summed E-state index contributed by atoms with van der Waals surface area (Å²) in [5.41, 5.74) is 5.95. The monoisotopic (exact) mass is 401 g/mol. The van der Waals surface area contributed by atoms with E-state index in [1.165, 1.54) is 17.1 Å². The molecule has 0 bridgehead atoms. The van der Waals surface area contributed by atoms with E-state index in [1.807, 2.05) is 64.1 Å². The number of nitrogens with zero attached hydrogens (tertiary/aromatic N) is 4. The minimum atomic E-state index is -0.299. The molecule has 0 spiro atoms. The first-order valence-corrected chi connectivity index (χ1v) is 9.72. The molecule has 0 fully saturated rings. The van der Waals surface area contributed by atoms with Crippen molar-refractivity contribution in [3.63, 3.8) is 0 Å². The van der Waals surface area contributed by atoms with Gasteiger partial charge in [0.15, 0.2) is 5.65 Å². The Kier molecular flexibility index (Phi) is 4.95. The van der Waals surface area contributed by atoms with Crippen LogP contribution < -0.4 is 10.9 Å². The maximum atomic E-state index is 12.9. The third-order valence-corrected chi connectivity index (χ3v) is 5.15. The van der Waals surface area contributed by atoms with Gasteiger partial charge in [-0.3, -0.25) is 14.2 Å². The van der Waals surface area contributed by atoms with Crippen LogP contribution in [0.1, 0.15) is 22.3 Å². The van der Waals surface area contributed by atoms with Crippen LogP contribution in [0.2, 0.25) is 0 Å². The molecule has 2 heterocycles. The summed E-state index contributed by atoms with van der Waals surface area (Å²) >= 11 is 0. The second kappa shape index (κ2) is 7.59. The van der Waals surface area contributed by atoms with Crippen molar-refractivity contribution in [3.05, 3.63) is 81.5 Å². The summed E-state index contributed by atoms with van der Waals surface area (Å²) in [6.07, 6.45) is 2.90. The van der Waals surface area contributed by atoms with Crippen molar-refractivity contribution in [2.75, 3.05) is 5.32 Å². The number of aryl methyl sites for hydroxylation is 4. The van der Waals surface area contributed by atoms with Gasteiger partial charge in [-0.05, 0) is 50.5 Å². The lowest BCUT2D eigenvalue weighted by Crippen LogP contribution is -2.28. The molecule has 0 radical (unpaired) electrons. The number of para-hydroxylation sites is 1. The third-order valence-electron chi connectivity index (χ3n) is 5.15. The van der Waals surface area contributed by atoms with Gasteiger partial charge in [0.1, 0.15) is 18.3 Å². The highest BCUT2D eigenvalue weighted by Crippen LogP contribution is 2.22. The van der Waals surface area contributed by atoms with E-state index in [-0.39, 0.29) is 18.0 Å². The van der Waals surface area contributed by atoms with Crippen LogP contribution in [0.5, 0.6) is 0 Å². The van der Waals surface area contributed by atoms with Crippen molar-refractivity contribution in [3.8, 4) is 5.69 Å². The van der Waals surface area contributed by atoms with Crippen molar-refractivity contribution >= 4 is 22.6 Å². The zero-order chi connectivity index (χ0) is 21.4. The van der Waals surface area contributed by atoms with Crippen molar-refractivity contribution in [2.24, 2.45) is 0 Å². The lowest BCUT2D eigenvalue weighted by molar-refractivity contribution is -0.116. The molecule has 1 N–H and O–H groups in total. The maximum absolute atomic E-state index is 12.9. The van der Waals surface area contributed by atoms with Crippen LogP contribution in [0.25, 0.3) is 16.7 Å². The molecule has 0 aliphatic carbocycles. The van der Waals surface area contributed by atoms with E-state index in [2.05, 4.69) is 15.4 Å².